The predicted octanol–water partition coefficient (Wildman–Crippen LogP) is 4.88. The maximum absolute atomic E-state index is 14.1. The Hall–Kier alpha value is -3.21. The molecule has 9 nitrogen and oxygen atoms in total. The van der Waals surface area contributed by atoms with Gasteiger partial charge in [0.2, 0.25) is 17.8 Å². The van der Waals surface area contributed by atoms with E-state index in [0.29, 0.717) is 79.8 Å². The van der Waals surface area contributed by atoms with Crippen molar-refractivity contribution in [3.05, 3.63) is 35.9 Å². The van der Waals surface area contributed by atoms with E-state index in [4.69, 9.17) is 14.7 Å². The van der Waals surface area contributed by atoms with Gasteiger partial charge in [-0.05, 0) is 63.0 Å². The molecular formula is C29H37F2N7O2. The number of fused-ring (bicyclic) bond motifs is 1. The molecule has 3 fully saturated rings. The van der Waals surface area contributed by atoms with Gasteiger partial charge in [-0.25, -0.2) is 13.8 Å². The summed E-state index contributed by atoms with van der Waals surface area (Å²) in [6.45, 7) is 3.33. The molecule has 0 unspecified atom stereocenters. The van der Waals surface area contributed by atoms with Crippen LogP contribution in [-0.2, 0) is 16.0 Å². The van der Waals surface area contributed by atoms with Crippen molar-refractivity contribution < 1.29 is 18.3 Å². The SMILES string of the molecule is O=C1CCCCN1C1CCC(CCCc2nc(N3CCOCC3)nc(-n3c(C(F)F)nc4ccccc43)n2)CC1. The van der Waals surface area contributed by atoms with Crippen LogP contribution in [-0.4, -0.2) is 74.2 Å². The molecule has 0 N–H and O–H groups in total. The number of ether oxygens (including phenoxy) is 1. The number of morpholine rings is 1. The zero-order valence-corrected chi connectivity index (χ0v) is 22.9. The fourth-order valence-corrected chi connectivity index (χ4v) is 6.42. The summed E-state index contributed by atoms with van der Waals surface area (Å²) < 4.78 is 35.0. The Morgan fingerprint density at radius 2 is 1.70 bits per heavy atom. The zero-order valence-electron chi connectivity index (χ0n) is 22.9. The highest BCUT2D eigenvalue weighted by atomic mass is 19.3. The van der Waals surface area contributed by atoms with Crippen molar-refractivity contribution in [1.82, 2.24) is 29.4 Å². The number of nitrogens with zero attached hydrogens (tertiary/aromatic N) is 7. The van der Waals surface area contributed by atoms with Gasteiger partial charge in [0.15, 0.2) is 5.82 Å². The number of benzene rings is 1. The Morgan fingerprint density at radius 3 is 2.48 bits per heavy atom. The highest BCUT2D eigenvalue weighted by Crippen LogP contribution is 2.33. The topological polar surface area (TPSA) is 89.3 Å². The number of aryl methyl sites for hydroxylation is 1. The minimum Gasteiger partial charge on any atom is -0.378 e. The first-order chi connectivity index (χ1) is 19.6. The smallest absolute Gasteiger partial charge is 0.296 e. The monoisotopic (exact) mass is 553 g/mol. The number of piperidine rings is 1. The molecule has 3 aromatic rings. The van der Waals surface area contributed by atoms with Crippen LogP contribution >= 0.6 is 0 Å². The minimum atomic E-state index is -2.77. The highest BCUT2D eigenvalue weighted by molar-refractivity contribution is 5.78. The molecule has 1 aliphatic carbocycles. The van der Waals surface area contributed by atoms with E-state index in [2.05, 4.69) is 14.9 Å². The van der Waals surface area contributed by atoms with Gasteiger partial charge in [-0.2, -0.15) is 15.0 Å². The second-order valence-electron chi connectivity index (χ2n) is 11.2. The van der Waals surface area contributed by atoms with Crippen LogP contribution in [0.1, 0.15) is 75.9 Å². The third-order valence-electron chi connectivity index (χ3n) is 8.56. The first-order valence-corrected chi connectivity index (χ1v) is 14.7. The maximum Gasteiger partial charge on any atom is 0.296 e. The number of anilines is 1. The quantitative estimate of drug-likeness (QED) is 0.393. The van der Waals surface area contributed by atoms with E-state index in [1.807, 2.05) is 4.90 Å². The average molecular weight is 554 g/mol. The Labute approximate surface area is 233 Å². The van der Waals surface area contributed by atoms with Crippen LogP contribution in [0.2, 0.25) is 0 Å². The van der Waals surface area contributed by atoms with Crippen molar-refractivity contribution in [2.45, 2.75) is 76.7 Å². The molecule has 0 spiro atoms. The molecule has 0 radical (unpaired) electrons. The lowest BCUT2D eigenvalue weighted by Crippen LogP contribution is -2.44. The summed E-state index contributed by atoms with van der Waals surface area (Å²) in [5, 5.41) is 0. The van der Waals surface area contributed by atoms with Crippen LogP contribution < -0.4 is 4.90 Å². The lowest BCUT2D eigenvalue weighted by molar-refractivity contribution is -0.136. The largest absolute Gasteiger partial charge is 0.378 e. The van der Waals surface area contributed by atoms with Gasteiger partial charge >= 0.3 is 0 Å². The average Bonchev–Trinajstić information content (AvgIpc) is 3.39. The van der Waals surface area contributed by atoms with E-state index in [1.165, 1.54) is 4.57 Å². The number of imidazole rings is 1. The number of likely N-dealkylation sites (tertiary alicyclic amines) is 1. The Morgan fingerprint density at radius 1 is 0.925 bits per heavy atom. The van der Waals surface area contributed by atoms with Gasteiger partial charge in [0.1, 0.15) is 5.82 Å². The summed E-state index contributed by atoms with van der Waals surface area (Å²) in [6, 6.07) is 7.47. The standard InChI is InChI=1S/C29H37F2N7O2/c30-26(31)27-32-22-7-1-2-8-23(22)38(27)29-34-24(33-28(35-29)36-16-18-40-19-17-36)9-5-6-20-11-13-21(14-12-20)37-15-4-3-10-25(37)39/h1-2,7-8,20-21,26H,3-6,9-19H2. The predicted molar refractivity (Wildman–Crippen MR) is 147 cm³/mol. The van der Waals surface area contributed by atoms with E-state index < -0.39 is 6.43 Å². The number of amides is 1. The molecule has 1 saturated carbocycles. The van der Waals surface area contributed by atoms with E-state index in [-0.39, 0.29) is 11.8 Å². The van der Waals surface area contributed by atoms with Gasteiger partial charge in [0, 0.05) is 38.5 Å². The van der Waals surface area contributed by atoms with Gasteiger partial charge in [0.05, 0.1) is 24.2 Å². The number of aromatic nitrogens is 5. The van der Waals surface area contributed by atoms with Crippen molar-refractivity contribution in [2.24, 2.45) is 5.92 Å². The molecule has 2 aromatic heterocycles. The number of alkyl halides is 2. The van der Waals surface area contributed by atoms with E-state index in [9.17, 15) is 13.6 Å². The number of carbonyl (C=O) groups excluding carboxylic acids is 1. The molecule has 3 aliphatic rings. The number of para-hydroxylation sites is 2. The van der Waals surface area contributed by atoms with Gasteiger partial charge < -0.3 is 14.5 Å². The second kappa shape index (κ2) is 12.1. The normalized spacial score (nSPS) is 22.4. The summed E-state index contributed by atoms with van der Waals surface area (Å²) in [5.74, 6) is 1.87. The second-order valence-corrected chi connectivity index (χ2v) is 11.2. The van der Waals surface area contributed by atoms with E-state index in [0.717, 1.165) is 57.9 Å². The molecule has 1 aromatic carbocycles. The van der Waals surface area contributed by atoms with Crippen molar-refractivity contribution in [2.75, 3.05) is 37.7 Å². The fraction of sp³-hybridized carbons (Fsp3) is 0.621. The highest BCUT2D eigenvalue weighted by Gasteiger charge is 2.30. The van der Waals surface area contributed by atoms with Crippen LogP contribution in [0.15, 0.2) is 24.3 Å². The number of carbonyl (C=O) groups is 1. The summed E-state index contributed by atoms with van der Waals surface area (Å²) in [7, 11) is 0. The van der Waals surface area contributed by atoms with Gasteiger partial charge in [-0.3, -0.25) is 9.36 Å². The number of halogens is 2. The molecule has 2 aliphatic heterocycles. The van der Waals surface area contributed by atoms with Crippen LogP contribution in [0.4, 0.5) is 14.7 Å². The van der Waals surface area contributed by atoms with E-state index >= 15 is 0 Å². The fourth-order valence-electron chi connectivity index (χ4n) is 6.42. The van der Waals surface area contributed by atoms with Crippen LogP contribution in [0.5, 0.6) is 0 Å². The molecule has 4 heterocycles. The lowest BCUT2D eigenvalue weighted by Gasteiger charge is -2.39. The summed E-state index contributed by atoms with van der Waals surface area (Å²) in [6.07, 6.45) is 7.13. The summed E-state index contributed by atoms with van der Waals surface area (Å²) in [5.41, 5.74) is 1.03. The molecule has 214 valence electrons. The van der Waals surface area contributed by atoms with Crippen LogP contribution in [0, 0.1) is 5.92 Å². The van der Waals surface area contributed by atoms with Crippen LogP contribution in [0.3, 0.4) is 0 Å². The van der Waals surface area contributed by atoms with Crippen molar-refractivity contribution >= 4 is 22.9 Å². The minimum absolute atomic E-state index is 0.183. The Bertz CT molecular complexity index is 1320. The first kappa shape index (κ1) is 27.0. The molecule has 6 rings (SSSR count). The number of rotatable bonds is 8. The van der Waals surface area contributed by atoms with Crippen molar-refractivity contribution in [1.29, 1.82) is 0 Å². The molecular weight excluding hydrogens is 516 g/mol. The van der Waals surface area contributed by atoms with E-state index in [1.54, 1.807) is 24.3 Å². The van der Waals surface area contributed by atoms with Crippen LogP contribution in [0.25, 0.3) is 17.0 Å². The van der Waals surface area contributed by atoms with Crippen molar-refractivity contribution in [3.63, 3.8) is 0 Å². The number of hydrogen-bond donors (Lipinski definition) is 0. The Balaban J connectivity index is 1.18. The Kier molecular flexibility index (Phi) is 8.17. The number of hydrogen-bond acceptors (Lipinski definition) is 7. The third-order valence-corrected chi connectivity index (χ3v) is 8.56. The molecule has 0 bridgehead atoms. The molecule has 0 atom stereocenters. The molecule has 2 saturated heterocycles. The zero-order chi connectivity index (χ0) is 27.5. The van der Waals surface area contributed by atoms with Crippen molar-refractivity contribution in [3.8, 4) is 5.95 Å². The first-order valence-electron chi connectivity index (χ1n) is 14.7. The summed E-state index contributed by atoms with van der Waals surface area (Å²) >= 11 is 0. The molecule has 40 heavy (non-hydrogen) atoms. The lowest BCUT2D eigenvalue weighted by atomic mass is 9.82. The maximum atomic E-state index is 14.1. The molecule has 1 amide bonds. The third kappa shape index (κ3) is 5.80. The summed E-state index contributed by atoms with van der Waals surface area (Å²) in [4.78, 5) is 34.8. The van der Waals surface area contributed by atoms with Gasteiger partial charge in [-0.1, -0.05) is 18.6 Å². The molecule has 11 heteroatoms. The van der Waals surface area contributed by atoms with Gasteiger partial charge in [-0.15, -0.1) is 0 Å². The van der Waals surface area contributed by atoms with Gasteiger partial charge in [0.25, 0.3) is 6.43 Å².